The van der Waals surface area contributed by atoms with Crippen LogP contribution in [0.3, 0.4) is 0 Å². The first-order valence-corrected chi connectivity index (χ1v) is 6.79. The number of hydrogen-bond donors (Lipinski definition) is 3. The van der Waals surface area contributed by atoms with E-state index in [0.29, 0.717) is 6.54 Å². The van der Waals surface area contributed by atoms with Crippen molar-refractivity contribution in [1.82, 2.24) is 10.2 Å². The molecular formula is C10H19N3O4S. The Hall–Kier alpha value is -1.44. The van der Waals surface area contributed by atoms with E-state index in [1.165, 1.54) is 4.90 Å². The number of carboxylic acid groups (broad SMARTS) is 1. The summed E-state index contributed by atoms with van der Waals surface area (Å²) in [5.41, 5.74) is 4.94. The Morgan fingerprint density at radius 3 is 2.50 bits per heavy atom. The first-order valence-electron chi connectivity index (χ1n) is 5.40. The lowest BCUT2D eigenvalue weighted by Crippen LogP contribution is -2.47. The number of nitrogens with zero attached hydrogens (tertiary/aromatic N) is 1. The van der Waals surface area contributed by atoms with Crippen LogP contribution < -0.4 is 11.1 Å². The molecule has 0 aromatic carbocycles. The number of thioether (sulfide) groups is 1. The van der Waals surface area contributed by atoms with Gasteiger partial charge in [0.05, 0.1) is 0 Å². The summed E-state index contributed by atoms with van der Waals surface area (Å²) in [6, 6.07) is -1.57. The number of carbonyl (C=O) groups excluding carboxylic acids is 2. The number of amides is 3. The van der Waals surface area contributed by atoms with Gasteiger partial charge in [0.2, 0.25) is 5.91 Å². The molecular weight excluding hydrogens is 258 g/mol. The SMILES string of the molecule is CSCCN(C)C(=O)N[C@@H](CCC(N)=O)C(=O)O. The second-order valence-corrected chi connectivity index (χ2v) is 4.75. The number of aliphatic carboxylic acids is 1. The molecule has 0 spiro atoms. The number of rotatable bonds is 8. The minimum absolute atomic E-state index is 0.00717. The lowest BCUT2D eigenvalue weighted by molar-refractivity contribution is -0.139. The Bertz CT molecular complexity index is 311. The molecule has 0 aliphatic rings. The average Bonchev–Trinajstić information content (AvgIpc) is 2.30. The fourth-order valence-electron chi connectivity index (χ4n) is 1.13. The third-order valence-corrected chi connectivity index (χ3v) is 2.84. The zero-order valence-electron chi connectivity index (χ0n) is 10.5. The van der Waals surface area contributed by atoms with Crippen molar-refractivity contribution in [2.75, 3.05) is 25.6 Å². The highest BCUT2D eigenvalue weighted by molar-refractivity contribution is 7.98. The first kappa shape index (κ1) is 16.6. The van der Waals surface area contributed by atoms with Gasteiger partial charge in [0, 0.05) is 25.8 Å². The molecule has 0 aromatic heterocycles. The van der Waals surface area contributed by atoms with E-state index in [1.807, 2.05) is 6.26 Å². The largest absolute Gasteiger partial charge is 0.480 e. The van der Waals surface area contributed by atoms with E-state index in [9.17, 15) is 14.4 Å². The molecule has 4 N–H and O–H groups in total. The van der Waals surface area contributed by atoms with Crippen LogP contribution in [0.2, 0.25) is 0 Å². The number of nitrogens with one attached hydrogen (secondary N) is 1. The van der Waals surface area contributed by atoms with E-state index in [0.717, 1.165) is 5.75 Å². The molecule has 104 valence electrons. The van der Waals surface area contributed by atoms with Crippen LogP contribution in [0.15, 0.2) is 0 Å². The maximum absolute atomic E-state index is 11.6. The van der Waals surface area contributed by atoms with Gasteiger partial charge in [0.15, 0.2) is 0 Å². The Labute approximate surface area is 110 Å². The lowest BCUT2D eigenvalue weighted by atomic mass is 10.1. The van der Waals surface area contributed by atoms with Gasteiger partial charge >= 0.3 is 12.0 Å². The molecule has 7 nitrogen and oxygen atoms in total. The number of urea groups is 1. The van der Waals surface area contributed by atoms with Crippen LogP contribution in [0.1, 0.15) is 12.8 Å². The number of carboxylic acids is 1. The molecule has 0 heterocycles. The van der Waals surface area contributed by atoms with Crippen molar-refractivity contribution in [2.45, 2.75) is 18.9 Å². The maximum atomic E-state index is 11.6. The summed E-state index contributed by atoms with van der Waals surface area (Å²) in [6.07, 6.45) is 1.83. The van der Waals surface area contributed by atoms with Gasteiger partial charge in [-0.2, -0.15) is 11.8 Å². The molecule has 18 heavy (non-hydrogen) atoms. The molecule has 0 unspecified atom stereocenters. The third kappa shape index (κ3) is 7.00. The summed E-state index contributed by atoms with van der Waals surface area (Å²) in [5, 5.41) is 11.3. The van der Waals surface area contributed by atoms with Crippen LogP contribution in [-0.4, -0.2) is 59.6 Å². The highest BCUT2D eigenvalue weighted by Crippen LogP contribution is 2.00. The van der Waals surface area contributed by atoms with Gasteiger partial charge in [-0.05, 0) is 12.7 Å². The minimum Gasteiger partial charge on any atom is -0.480 e. The average molecular weight is 277 g/mol. The summed E-state index contributed by atoms with van der Waals surface area (Å²) in [6.45, 7) is 0.523. The smallest absolute Gasteiger partial charge is 0.326 e. The Morgan fingerprint density at radius 2 is 2.06 bits per heavy atom. The quantitative estimate of drug-likeness (QED) is 0.564. The van der Waals surface area contributed by atoms with E-state index >= 15 is 0 Å². The maximum Gasteiger partial charge on any atom is 0.326 e. The van der Waals surface area contributed by atoms with Gasteiger partial charge in [-0.15, -0.1) is 0 Å². The van der Waals surface area contributed by atoms with Crippen molar-refractivity contribution >= 4 is 29.7 Å². The van der Waals surface area contributed by atoms with Crippen molar-refractivity contribution in [1.29, 1.82) is 0 Å². The predicted octanol–water partition coefficient (Wildman–Crippen LogP) is -0.290. The molecule has 0 aromatic rings. The number of nitrogens with two attached hydrogens (primary N) is 1. The summed E-state index contributed by atoms with van der Waals surface area (Å²) >= 11 is 1.59. The van der Waals surface area contributed by atoms with E-state index in [4.69, 9.17) is 10.8 Å². The number of primary amides is 1. The van der Waals surface area contributed by atoms with Gasteiger partial charge in [0.1, 0.15) is 6.04 Å². The zero-order valence-corrected chi connectivity index (χ0v) is 11.3. The second-order valence-electron chi connectivity index (χ2n) is 3.76. The van der Waals surface area contributed by atoms with Gasteiger partial charge in [-0.3, -0.25) is 4.79 Å². The molecule has 0 aliphatic heterocycles. The highest BCUT2D eigenvalue weighted by atomic mass is 32.2. The van der Waals surface area contributed by atoms with Crippen molar-refractivity contribution in [3.8, 4) is 0 Å². The van der Waals surface area contributed by atoms with Crippen LogP contribution in [0.5, 0.6) is 0 Å². The standard InChI is InChI=1S/C10H19N3O4S/c1-13(5-6-18-2)10(17)12-7(9(15)16)3-4-8(11)14/h7H,3-6H2,1-2H3,(H2,11,14)(H,12,17)(H,15,16)/t7-/m0/s1. The number of carbonyl (C=O) groups is 3. The Balaban J connectivity index is 4.26. The lowest BCUT2D eigenvalue weighted by Gasteiger charge is -2.20. The molecule has 0 fully saturated rings. The fraction of sp³-hybridized carbons (Fsp3) is 0.700. The van der Waals surface area contributed by atoms with Crippen molar-refractivity contribution in [3.63, 3.8) is 0 Å². The van der Waals surface area contributed by atoms with E-state index in [2.05, 4.69) is 5.32 Å². The van der Waals surface area contributed by atoms with Gasteiger partial charge in [-0.25, -0.2) is 9.59 Å². The highest BCUT2D eigenvalue weighted by Gasteiger charge is 2.21. The third-order valence-electron chi connectivity index (χ3n) is 2.25. The van der Waals surface area contributed by atoms with Crippen LogP contribution in [0.25, 0.3) is 0 Å². The van der Waals surface area contributed by atoms with E-state index in [1.54, 1.807) is 18.8 Å². The topological polar surface area (TPSA) is 113 Å². The van der Waals surface area contributed by atoms with Crippen molar-refractivity contribution in [3.05, 3.63) is 0 Å². The van der Waals surface area contributed by atoms with Crippen LogP contribution in [0.4, 0.5) is 4.79 Å². The second kappa shape index (κ2) is 8.62. The molecule has 8 heteroatoms. The normalized spacial score (nSPS) is 11.7. The molecule has 0 radical (unpaired) electrons. The Kier molecular flexibility index (Phi) is 7.93. The zero-order chi connectivity index (χ0) is 14.1. The molecule has 3 amide bonds. The fourth-order valence-corrected chi connectivity index (χ4v) is 1.59. The molecule has 0 aliphatic carbocycles. The van der Waals surface area contributed by atoms with E-state index in [-0.39, 0.29) is 12.8 Å². The summed E-state index contributed by atoms with van der Waals surface area (Å²) < 4.78 is 0. The van der Waals surface area contributed by atoms with Crippen LogP contribution in [-0.2, 0) is 9.59 Å². The van der Waals surface area contributed by atoms with Crippen molar-refractivity contribution < 1.29 is 19.5 Å². The molecule has 0 rings (SSSR count). The number of hydrogen-bond acceptors (Lipinski definition) is 4. The summed E-state index contributed by atoms with van der Waals surface area (Å²) in [7, 11) is 1.58. The van der Waals surface area contributed by atoms with Gasteiger partial charge in [-0.1, -0.05) is 0 Å². The van der Waals surface area contributed by atoms with Crippen molar-refractivity contribution in [2.24, 2.45) is 5.73 Å². The molecule has 1 atom stereocenters. The van der Waals surface area contributed by atoms with E-state index < -0.39 is 23.9 Å². The van der Waals surface area contributed by atoms with Crippen LogP contribution >= 0.6 is 11.8 Å². The Morgan fingerprint density at radius 1 is 1.44 bits per heavy atom. The minimum atomic E-state index is -1.18. The van der Waals surface area contributed by atoms with Gasteiger partial charge in [0.25, 0.3) is 0 Å². The predicted molar refractivity (Wildman–Crippen MR) is 69.4 cm³/mol. The monoisotopic (exact) mass is 277 g/mol. The van der Waals surface area contributed by atoms with Gasteiger partial charge < -0.3 is 21.1 Å². The molecule has 0 saturated carbocycles. The molecule has 0 saturated heterocycles. The first-order chi connectivity index (χ1) is 8.38. The molecule has 0 bridgehead atoms. The summed E-state index contributed by atoms with van der Waals surface area (Å²) in [5.74, 6) is -1.00. The van der Waals surface area contributed by atoms with Crippen LogP contribution in [0, 0.1) is 0 Å². The summed E-state index contributed by atoms with van der Waals surface area (Å²) in [4.78, 5) is 34.5.